The zero-order chi connectivity index (χ0) is 13.2. The summed E-state index contributed by atoms with van der Waals surface area (Å²) in [4.78, 5) is 0. The van der Waals surface area contributed by atoms with E-state index in [2.05, 4.69) is 43.0 Å². The zero-order valence-electron chi connectivity index (χ0n) is 10.8. The van der Waals surface area contributed by atoms with Crippen molar-refractivity contribution in [1.29, 1.82) is 0 Å². The van der Waals surface area contributed by atoms with E-state index in [4.69, 9.17) is 10.2 Å². The smallest absolute Gasteiger partial charge is 0.204 e. The number of rotatable bonds is 2. The van der Waals surface area contributed by atoms with Crippen molar-refractivity contribution in [3.05, 3.63) is 49.1 Å². The van der Waals surface area contributed by atoms with Gasteiger partial charge in [-0.3, -0.25) is 0 Å². The number of allylic oxidation sites excluding steroid dienone is 6. The molecule has 0 aromatic rings. The van der Waals surface area contributed by atoms with Crippen LogP contribution in [0.3, 0.4) is 0 Å². The highest BCUT2D eigenvalue weighted by molar-refractivity contribution is 5.12. The van der Waals surface area contributed by atoms with Crippen molar-refractivity contribution in [1.82, 2.24) is 0 Å². The maximum atomic E-state index is 8.85. The Kier molecular flexibility index (Phi) is 7.28. The summed E-state index contributed by atoms with van der Waals surface area (Å²) in [7, 11) is 0. The van der Waals surface area contributed by atoms with Crippen LogP contribution in [-0.4, -0.2) is 23.4 Å². The lowest BCUT2D eigenvalue weighted by Gasteiger charge is -2.13. The largest absolute Gasteiger partial charge is 0.396 e. The summed E-state index contributed by atoms with van der Waals surface area (Å²) in [6, 6.07) is 0. The Hall–Kier alpha value is -1.21. The molecule has 3 aliphatic carbocycles. The molecule has 0 amide bonds. The summed E-state index contributed by atoms with van der Waals surface area (Å²) < 4.78 is 0. The number of hydrogen-bond donors (Lipinski definition) is 2. The van der Waals surface area contributed by atoms with Gasteiger partial charge in [-0.05, 0) is 37.0 Å². The summed E-state index contributed by atoms with van der Waals surface area (Å²) in [5.41, 5.74) is 0. The van der Waals surface area contributed by atoms with Gasteiger partial charge < -0.3 is 10.2 Å². The molecular formula is C16H23O2+. The summed E-state index contributed by atoms with van der Waals surface area (Å²) >= 11 is 0. The summed E-state index contributed by atoms with van der Waals surface area (Å²) in [6.07, 6.45) is 17.8. The molecule has 98 valence electrons. The minimum absolute atomic E-state index is 0.0278. The molecule has 1 fully saturated rings. The van der Waals surface area contributed by atoms with Crippen LogP contribution in [-0.2, 0) is 0 Å². The first kappa shape index (κ1) is 14.8. The normalized spacial score (nSPS) is 29.5. The van der Waals surface area contributed by atoms with Gasteiger partial charge in [0.2, 0.25) is 6.58 Å². The standard InChI is InChI=1S/C8H12O.C5H6.C3H5O/c9-5-8-4-6-1-2-7(8)3-6;1-2-4-5-3-1;1-2-3-4/h1-2,6-9H,3-5H2;1-4H,5H2;1-2,4H,3H2/q;;+1. The lowest BCUT2D eigenvalue weighted by Crippen LogP contribution is -2.10. The molecule has 3 rings (SSSR count). The number of aliphatic hydroxyl groups is 2. The lowest BCUT2D eigenvalue weighted by molar-refractivity contribution is 0.207. The summed E-state index contributed by atoms with van der Waals surface area (Å²) in [6.45, 7) is 5.02. The van der Waals surface area contributed by atoms with Gasteiger partial charge in [-0.15, -0.1) is 0 Å². The van der Waals surface area contributed by atoms with Gasteiger partial charge in [0.05, 0.1) is 0 Å². The van der Waals surface area contributed by atoms with E-state index in [9.17, 15) is 0 Å². The molecule has 3 atom stereocenters. The maximum Gasteiger partial charge on any atom is 0.204 e. The van der Waals surface area contributed by atoms with E-state index in [1.54, 1.807) is 0 Å². The highest BCUT2D eigenvalue weighted by atomic mass is 16.3. The average Bonchev–Trinajstić information content (AvgIpc) is 3.16. The first-order chi connectivity index (χ1) is 8.81. The SMILES string of the molecule is C1=CCC=C1.OCC1CC2C=CC1C2.[CH+]=CCO. The van der Waals surface area contributed by atoms with E-state index in [1.807, 2.05) is 0 Å². The third-order valence-electron chi connectivity index (χ3n) is 3.41. The molecule has 1 saturated carbocycles. The second kappa shape index (κ2) is 8.82. The Bertz CT molecular complexity index is 305. The first-order valence-corrected chi connectivity index (χ1v) is 6.57. The fraction of sp³-hybridized carbons (Fsp3) is 0.500. The van der Waals surface area contributed by atoms with E-state index in [0.29, 0.717) is 12.5 Å². The van der Waals surface area contributed by atoms with Crippen LogP contribution < -0.4 is 0 Å². The first-order valence-electron chi connectivity index (χ1n) is 6.57. The minimum Gasteiger partial charge on any atom is -0.396 e. The van der Waals surface area contributed by atoms with Gasteiger partial charge in [0.25, 0.3) is 0 Å². The Morgan fingerprint density at radius 2 is 1.78 bits per heavy atom. The van der Waals surface area contributed by atoms with Gasteiger partial charge in [-0.1, -0.05) is 36.5 Å². The molecule has 0 aliphatic heterocycles. The van der Waals surface area contributed by atoms with Gasteiger partial charge in [-0.2, -0.15) is 0 Å². The van der Waals surface area contributed by atoms with Crippen molar-refractivity contribution in [2.24, 2.45) is 17.8 Å². The van der Waals surface area contributed by atoms with Crippen molar-refractivity contribution in [2.75, 3.05) is 13.2 Å². The van der Waals surface area contributed by atoms with Gasteiger partial charge in [-0.25, -0.2) is 0 Å². The third-order valence-corrected chi connectivity index (χ3v) is 3.41. The van der Waals surface area contributed by atoms with Crippen LogP contribution in [0.4, 0.5) is 0 Å². The van der Waals surface area contributed by atoms with Gasteiger partial charge >= 0.3 is 0 Å². The van der Waals surface area contributed by atoms with E-state index < -0.39 is 0 Å². The van der Waals surface area contributed by atoms with Crippen molar-refractivity contribution >= 4 is 0 Å². The van der Waals surface area contributed by atoms with Crippen molar-refractivity contribution in [2.45, 2.75) is 19.3 Å². The van der Waals surface area contributed by atoms with Crippen LogP contribution in [0.1, 0.15) is 19.3 Å². The molecule has 0 spiro atoms. The Morgan fingerprint density at radius 3 is 2.00 bits per heavy atom. The highest BCUT2D eigenvalue weighted by Crippen LogP contribution is 2.42. The molecule has 18 heavy (non-hydrogen) atoms. The lowest BCUT2D eigenvalue weighted by atomic mass is 9.95. The molecule has 2 nitrogen and oxygen atoms in total. The second-order valence-corrected chi connectivity index (χ2v) is 4.73. The van der Waals surface area contributed by atoms with Gasteiger partial charge in [0.15, 0.2) is 6.08 Å². The number of hydrogen-bond acceptors (Lipinski definition) is 2. The molecule has 0 aromatic heterocycles. The molecule has 0 heterocycles. The van der Waals surface area contributed by atoms with Gasteiger partial charge in [0.1, 0.15) is 6.61 Å². The average molecular weight is 247 g/mol. The predicted molar refractivity (Wildman–Crippen MR) is 74.8 cm³/mol. The van der Waals surface area contributed by atoms with Crippen molar-refractivity contribution < 1.29 is 10.2 Å². The summed E-state index contributed by atoms with van der Waals surface area (Å²) in [5.74, 6) is 2.13. The molecule has 0 radical (unpaired) electrons. The van der Waals surface area contributed by atoms with Crippen LogP contribution in [0.2, 0.25) is 0 Å². The van der Waals surface area contributed by atoms with Crippen LogP contribution >= 0.6 is 0 Å². The molecule has 3 aliphatic rings. The number of fused-ring (bicyclic) bond motifs is 2. The molecular weight excluding hydrogens is 224 g/mol. The molecule has 0 saturated heterocycles. The van der Waals surface area contributed by atoms with Gasteiger partial charge in [0, 0.05) is 6.61 Å². The van der Waals surface area contributed by atoms with Crippen LogP contribution in [0.5, 0.6) is 0 Å². The third kappa shape index (κ3) is 4.97. The number of aliphatic hydroxyl groups excluding tert-OH is 2. The van der Waals surface area contributed by atoms with Crippen molar-refractivity contribution in [3.8, 4) is 0 Å². The molecule has 2 heteroatoms. The second-order valence-electron chi connectivity index (χ2n) is 4.73. The van der Waals surface area contributed by atoms with E-state index in [0.717, 1.165) is 18.3 Å². The monoisotopic (exact) mass is 247 g/mol. The Balaban J connectivity index is 0.000000154. The van der Waals surface area contributed by atoms with Crippen LogP contribution in [0.15, 0.2) is 42.5 Å². The fourth-order valence-electron chi connectivity index (χ4n) is 2.50. The molecule has 3 unspecified atom stereocenters. The minimum atomic E-state index is -0.0278. The Labute approximate surface area is 110 Å². The van der Waals surface area contributed by atoms with Crippen LogP contribution in [0.25, 0.3) is 0 Å². The van der Waals surface area contributed by atoms with Crippen molar-refractivity contribution in [3.63, 3.8) is 0 Å². The fourth-order valence-corrected chi connectivity index (χ4v) is 2.50. The Morgan fingerprint density at radius 1 is 1.11 bits per heavy atom. The zero-order valence-corrected chi connectivity index (χ0v) is 10.8. The van der Waals surface area contributed by atoms with Crippen LogP contribution in [0, 0.1) is 24.3 Å². The predicted octanol–water partition coefficient (Wildman–Crippen LogP) is 2.66. The molecule has 2 bridgehead atoms. The van der Waals surface area contributed by atoms with E-state index in [-0.39, 0.29) is 6.61 Å². The molecule has 0 aromatic carbocycles. The quantitative estimate of drug-likeness (QED) is 0.582. The highest BCUT2D eigenvalue weighted by Gasteiger charge is 2.34. The summed E-state index contributed by atoms with van der Waals surface area (Å²) in [5, 5.41) is 16.5. The molecule has 2 N–H and O–H groups in total. The maximum absolute atomic E-state index is 8.85. The van der Waals surface area contributed by atoms with E-state index >= 15 is 0 Å². The topological polar surface area (TPSA) is 40.5 Å². The van der Waals surface area contributed by atoms with E-state index in [1.165, 1.54) is 18.9 Å².